The average Bonchev–Trinajstić information content (AvgIpc) is 2.32. The fraction of sp³-hybridized carbons (Fsp3) is 0.545. The van der Waals surface area contributed by atoms with E-state index < -0.39 is 10.0 Å². The van der Waals surface area contributed by atoms with Crippen LogP contribution in [0.5, 0.6) is 0 Å². The number of hydrogen-bond acceptors (Lipinski definition) is 5. The lowest BCUT2D eigenvalue weighted by molar-refractivity contribution is 0.159. The summed E-state index contributed by atoms with van der Waals surface area (Å²) in [5.74, 6) is 0.221. The maximum atomic E-state index is 12.4. The molecule has 1 unspecified atom stereocenters. The summed E-state index contributed by atoms with van der Waals surface area (Å²) in [7, 11) is -1.46. The molecule has 2 rings (SSSR count). The van der Waals surface area contributed by atoms with Crippen molar-refractivity contribution in [2.24, 2.45) is 0 Å². The van der Waals surface area contributed by atoms with E-state index in [2.05, 4.69) is 9.88 Å². The van der Waals surface area contributed by atoms with Crippen LogP contribution >= 0.6 is 0 Å². The van der Waals surface area contributed by atoms with E-state index in [9.17, 15) is 8.42 Å². The number of piperazine rings is 1. The zero-order valence-electron chi connectivity index (χ0n) is 10.6. The second-order valence-corrected chi connectivity index (χ2v) is 6.55. The van der Waals surface area contributed by atoms with Crippen LogP contribution < -0.4 is 5.73 Å². The van der Waals surface area contributed by atoms with Crippen LogP contribution in [0.1, 0.15) is 6.92 Å². The number of aromatic nitrogens is 1. The number of nitrogen functional groups attached to an aromatic ring is 1. The highest BCUT2D eigenvalue weighted by Gasteiger charge is 2.30. The first-order chi connectivity index (χ1) is 8.41. The second-order valence-electron chi connectivity index (χ2n) is 4.61. The molecule has 0 bridgehead atoms. The number of pyridine rings is 1. The van der Waals surface area contributed by atoms with Crippen LogP contribution in [0.3, 0.4) is 0 Å². The minimum Gasteiger partial charge on any atom is -0.384 e. The van der Waals surface area contributed by atoms with Gasteiger partial charge in [-0.3, -0.25) is 0 Å². The van der Waals surface area contributed by atoms with E-state index in [-0.39, 0.29) is 16.8 Å². The van der Waals surface area contributed by atoms with Gasteiger partial charge in [0.15, 0.2) is 0 Å². The van der Waals surface area contributed by atoms with E-state index in [1.165, 1.54) is 22.6 Å². The normalized spacial score (nSPS) is 23.1. The Morgan fingerprint density at radius 1 is 1.44 bits per heavy atom. The Morgan fingerprint density at radius 3 is 2.78 bits per heavy atom. The molecule has 0 amide bonds. The standard InChI is InChI=1S/C11H18N4O2S/c1-9-8-15(6-5-14(9)2)18(16,17)10-3-4-13-11(12)7-10/h3-4,7,9H,5-6,8H2,1-2H3,(H2,12,13). The Hall–Kier alpha value is -1.18. The number of nitrogens with zero attached hydrogens (tertiary/aromatic N) is 3. The summed E-state index contributed by atoms with van der Waals surface area (Å²) in [6.07, 6.45) is 1.42. The quantitative estimate of drug-likeness (QED) is 0.817. The van der Waals surface area contributed by atoms with Gasteiger partial charge in [-0.1, -0.05) is 0 Å². The van der Waals surface area contributed by atoms with Crippen molar-refractivity contribution in [1.82, 2.24) is 14.2 Å². The molecule has 0 aliphatic carbocycles. The van der Waals surface area contributed by atoms with E-state index in [0.717, 1.165) is 6.54 Å². The molecule has 1 aliphatic heterocycles. The molecule has 1 aliphatic rings. The van der Waals surface area contributed by atoms with Crippen molar-refractivity contribution >= 4 is 15.8 Å². The van der Waals surface area contributed by atoms with Gasteiger partial charge in [-0.05, 0) is 20.0 Å². The van der Waals surface area contributed by atoms with Crippen LogP contribution in [-0.2, 0) is 10.0 Å². The molecule has 1 saturated heterocycles. The SMILES string of the molecule is CC1CN(S(=O)(=O)c2ccnc(N)c2)CCN1C. The molecule has 18 heavy (non-hydrogen) atoms. The summed E-state index contributed by atoms with van der Waals surface area (Å²) in [4.78, 5) is 6.17. The molecular weight excluding hydrogens is 252 g/mol. The van der Waals surface area contributed by atoms with Gasteiger partial charge in [0.1, 0.15) is 5.82 Å². The van der Waals surface area contributed by atoms with Crippen LogP contribution in [0.2, 0.25) is 0 Å². The summed E-state index contributed by atoms with van der Waals surface area (Å²) in [6.45, 7) is 3.76. The highest BCUT2D eigenvalue weighted by atomic mass is 32.2. The molecule has 2 heterocycles. The third-order valence-electron chi connectivity index (χ3n) is 3.31. The molecule has 0 radical (unpaired) electrons. The van der Waals surface area contributed by atoms with E-state index in [1.54, 1.807) is 0 Å². The third kappa shape index (κ3) is 2.47. The van der Waals surface area contributed by atoms with Crippen molar-refractivity contribution < 1.29 is 8.42 Å². The Balaban J connectivity index is 2.27. The molecule has 0 saturated carbocycles. The smallest absolute Gasteiger partial charge is 0.243 e. The molecule has 1 aromatic rings. The van der Waals surface area contributed by atoms with Gasteiger partial charge in [-0.2, -0.15) is 4.31 Å². The molecule has 6 nitrogen and oxygen atoms in total. The molecule has 0 spiro atoms. The number of nitrogens with two attached hydrogens (primary N) is 1. The zero-order valence-corrected chi connectivity index (χ0v) is 11.4. The summed E-state index contributed by atoms with van der Waals surface area (Å²) < 4.78 is 26.3. The lowest BCUT2D eigenvalue weighted by Crippen LogP contribution is -2.51. The molecule has 1 aromatic heterocycles. The highest BCUT2D eigenvalue weighted by Crippen LogP contribution is 2.19. The largest absolute Gasteiger partial charge is 0.384 e. The Labute approximate surface area is 107 Å². The molecule has 0 aromatic carbocycles. The summed E-state index contributed by atoms with van der Waals surface area (Å²) in [5.41, 5.74) is 5.53. The van der Waals surface area contributed by atoms with Gasteiger partial charge in [-0.15, -0.1) is 0 Å². The zero-order chi connectivity index (χ0) is 13.3. The highest BCUT2D eigenvalue weighted by molar-refractivity contribution is 7.89. The molecule has 1 atom stereocenters. The lowest BCUT2D eigenvalue weighted by atomic mass is 10.2. The maximum Gasteiger partial charge on any atom is 0.243 e. The average molecular weight is 270 g/mol. The number of hydrogen-bond donors (Lipinski definition) is 1. The van der Waals surface area contributed by atoms with Gasteiger partial charge in [0, 0.05) is 37.9 Å². The Kier molecular flexibility index (Phi) is 3.56. The molecule has 2 N–H and O–H groups in total. The first kappa shape index (κ1) is 13.3. The monoisotopic (exact) mass is 270 g/mol. The van der Waals surface area contributed by atoms with E-state index >= 15 is 0 Å². The van der Waals surface area contributed by atoms with Crippen molar-refractivity contribution in [1.29, 1.82) is 0 Å². The van der Waals surface area contributed by atoms with Gasteiger partial charge >= 0.3 is 0 Å². The lowest BCUT2D eigenvalue weighted by Gasteiger charge is -2.36. The minimum absolute atomic E-state index is 0.215. The predicted molar refractivity (Wildman–Crippen MR) is 69.5 cm³/mol. The van der Waals surface area contributed by atoms with Gasteiger partial charge < -0.3 is 10.6 Å². The van der Waals surface area contributed by atoms with Gasteiger partial charge in [0.25, 0.3) is 0 Å². The molecule has 100 valence electrons. The van der Waals surface area contributed by atoms with Crippen LogP contribution in [0, 0.1) is 0 Å². The van der Waals surface area contributed by atoms with Crippen LogP contribution in [0.25, 0.3) is 0 Å². The van der Waals surface area contributed by atoms with Crippen molar-refractivity contribution in [2.45, 2.75) is 17.9 Å². The van der Waals surface area contributed by atoms with Gasteiger partial charge in [0.05, 0.1) is 4.90 Å². The number of anilines is 1. The fourth-order valence-electron chi connectivity index (χ4n) is 1.97. The van der Waals surface area contributed by atoms with Crippen molar-refractivity contribution in [3.63, 3.8) is 0 Å². The first-order valence-corrected chi connectivity index (χ1v) is 7.27. The topological polar surface area (TPSA) is 79.5 Å². The molecular formula is C11H18N4O2S. The first-order valence-electron chi connectivity index (χ1n) is 5.83. The fourth-order valence-corrected chi connectivity index (χ4v) is 3.51. The summed E-state index contributed by atoms with van der Waals surface area (Å²) in [5, 5.41) is 0. The van der Waals surface area contributed by atoms with E-state index in [0.29, 0.717) is 13.1 Å². The van der Waals surface area contributed by atoms with Gasteiger partial charge in [-0.25, -0.2) is 13.4 Å². The van der Waals surface area contributed by atoms with Crippen molar-refractivity contribution in [3.05, 3.63) is 18.3 Å². The maximum absolute atomic E-state index is 12.4. The number of rotatable bonds is 2. The predicted octanol–water partition coefficient (Wildman–Crippen LogP) is -0.0116. The van der Waals surface area contributed by atoms with Gasteiger partial charge in [0.2, 0.25) is 10.0 Å². The second kappa shape index (κ2) is 4.83. The van der Waals surface area contributed by atoms with Crippen LogP contribution in [0.4, 0.5) is 5.82 Å². The Morgan fingerprint density at radius 2 is 2.17 bits per heavy atom. The van der Waals surface area contributed by atoms with Crippen LogP contribution in [-0.4, -0.2) is 55.3 Å². The number of sulfonamides is 1. The summed E-state index contributed by atoms with van der Waals surface area (Å²) in [6, 6.07) is 3.10. The summed E-state index contributed by atoms with van der Waals surface area (Å²) >= 11 is 0. The van der Waals surface area contributed by atoms with E-state index in [4.69, 9.17) is 5.73 Å². The Bertz CT molecular complexity index is 532. The number of likely N-dealkylation sites (N-methyl/N-ethyl adjacent to an activating group) is 1. The van der Waals surface area contributed by atoms with Crippen molar-refractivity contribution in [2.75, 3.05) is 32.4 Å². The van der Waals surface area contributed by atoms with E-state index in [1.807, 2.05) is 14.0 Å². The molecule has 1 fully saturated rings. The van der Waals surface area contributed by atoms with Crippen molar-refractivity contribution in [3.8, 4) is 0 Å². The third-order valence-corrected chi connectivity index (χ3v) is 5.17. The minimum atomic E-state index is -3.45. The molecule has 7 heteroatoms. The van der Waals surface area contributed by atoms with Crippen LogP contribution in [0.15, 0.2) is 23.2 Å².